The summed E-state index contributed by atoms with van der Waals surface area (Å²) in [4.78, 5) is 11.0. The number of carbonyl (C=O) groups is 1. The molecule has 7 heteroatoms. The highest BCUT2D eigenvalue weighted by molar-refractivity contribution is 7.89. The van der Waals surface area contributed by atoms with Crippen molar-refractivity contribution in [3.05, 3.63) is 60.2 Å². The van der Waals surface area contributed by atoms with Crippen LogP contribution in [0.15, 0.2) is 59.5 Å². The fraction of sp³-hybridized carbons (Fsp3) is 0.278. The van der Waals surface area contributed by atoms with E-state index in [0.29, 0.717) is 12.2 Å². The van der Waals surface area contributed by atoms with Gasteiger partial charge >= 0.3 is 5.97 Å². The molecule has 0 saturated heterocycles. The number of benzene rings is 2. The Labute approximate surface area is 147 Å². The summed E-state index contributed by atoms with van der Waals surface area (Å²) in [5, 5.41) is 8.86. The maximum Gasteiger partial charge on any atom is 0.344 e. The van der Waals surface area contributed by atoms with E-state index in [2.05, 4.69) is 4.72 Å². The smallest absolute Gasteiger partial charge is 0.344 e. The van der Waals surface area contributed by atoms with E-state index in [1.54, 1.807) is 54.6 Å². The van der Waals surface area contributed by atoms with Gasteiger partial charge in [-0.15, -0.1) is 0 Å². The molecule has 0 saturated carbocycles. The van der Waals surface area contributed by atoms with Crippen LogP contribution in [0.5, 0.6) is 5.75 Å². The second kappa shape index (κ2) is 8.13. The first kappa shape index (κ1) is 19.0. The van der Waals surface area contributed by atoms with E-state index in [-0.39, 0.29) is 4.90 Å². The van der Waals surface area contributed by atoms with Crippen molar-refractivity contribution < 1.29 is 23.1 Å². The van der Waals surface area contributed by atoms with Gasteiger partial charge in [-0.05, 0) is 43.2 Å². The van der Waals surface area contributed by atoms with Crippen LogP contribution < -0.4 is 9.46 Å². The van der Waals surface area contributed by atoms with Crippen LogP contribution >= 0.6 is 0 Å². The predicted octanol–water partition coefficient (Wildman–Crippen LogP) is 2.97. The molecule has 134 valence electrons. The molecule has 0 bridgehead atoms. The number of hydrogen-bond acceptors (Lipinski definition) is 4. The molecule has 0 amide bonds. The normalized spacial score (nSPS) is 13.8. The van der Waals surface area contributed by atoms with Gasteiger partial charge in [0.2, 0.25) is 10.0 Å². The molecule has 0 aliphatic carbocycles. The zero-order valence-corrected chi connectivity index (χ0v) is 14.9. The molecule has 2 N–H and O–H groups in total. The number of nitrogens with one attached hydrogen (secondary N) is 1. The molecule has 2 unspecified atom stereocenters. The molecular weight excluding hydrogens is 342 g/mol. The van der Waals surface area contributed by atoms with Gasteiger partial charge in [0.1, 0.15) is 5.75 Å². The molecule has 0 heterocycles. The topological polar surface area (TPSA) is 92.7 Å². The van der Waals surface area contributed by atoms with Crippen LogP contribution in [0.1, 0.15) is 31.9 Å². The van der Waals surface area contributed by atoms with E-state index < -0.39 is 28.1 Å². The van der Waals surface area contributed by atoms with Crippen molar-refractivity contribution in [1.82, 2.24) is 4.72 Å². The van der Waals surface area contributed by atoms with Crippen LogP contribution in [0, 0.1) is 0 Å². The lowest BCUT2D eigenvalue weighted by atomic mass is 10.1. The number of hydrogen-bond donors (Lipinski definition) is 2. The third-order valence-electron chi connectivity index (χ3n) is 3.70. The third-order valence-corrected chi connectivity index (χ3v) is 5.19. The summed E-state index contributed by atoms with van der Waals surface area (Å²) in [6, 6.07) is 14.5. The van der Waals surface area contributed by atoms with Crippen LogP contribution in [0.3, 0.4) is 0 Å². The Morgan fingerprint density at radius 1 is 1.12 bits per heavy atom. The van der Waals surface area contributed by atoms with Crippen molar-refractivity contribution >= 4 is 16.0 Å². The summed E-state index contributed by atoms with van der Waals surface area (Å²) in [6.45, 7) is 3.33. The van der Waals surface area contributed by atoms with Gasteiger partial charge in [0.15, 0.2) is 6.10 Å². The summed E-state index contributed by atoms with van der Waals surface area (Å²) in [5.74, 6) is -0.634. The number of carboxylic acids is 1. The average Bonchev–Trinajstić information content (AvgIpc) is 2.61. The molecule has 6 nitrogen and oxygen atoms in total. The Morgan fingerprint density at radius 2 is 1.72 bits per heavy atom. The van der Waals surface area contributed by atoms with Crippen molar-refractivity contribution in [2.45, 2.75) is 37.3 Å². The number of rotatable bonds is 8. The Kier molecular flexibility index (Phi) is 6.17. The van der Waals surface area contributed by atoms with Crippen LogP contribution in [-0.4, -0.2) is 25.6 Å². The Morgan fingerprint density at radius 3 is 2.24 bits per heavy atom. The van der Waals surface area contributed by atoms with Crippen molar-refractivity contribution in [3.8, 4) is 5.75 Å². The minimum Gasteiger partial charge on any atom is -0.479 e. The second-order valence-corrected chi connectivity index (χ2v) is 7.28. The maximum atomic E-state index is 12.5. The van der Waals surface area contributed by atoms with Gasteiger partial charge in [-0.3, -0.25) is 0 Å². The summed E-state index contributed by atoms with van der Waals surface area (Å²) in [5.41, 5.74) is 0.775. The van der Waals surface area contributed by atoms with Gasteiger partial charge in [0, 0.05) is 6.04 Å². The molecule has 2 aromatic carbocycles. The van der Waals surface area contributed by atoms with Crippen molar-refractivity contribution in [3.63, 3.8) is 0 Å². The zero-order chi connectivity index (χ0) is 18.4. The van der Waals surface area contributed by atoms with Gasteiger partial charge in [-0.1, -0.05) is 37.3 Å². The molecule has 25 heavy (non-hydrogen) atoms. The number of ether oxygens (including phenoxy) is 1. The second-order valence-electron chi connectivity index (χ2n) is 5.56. The standard InChI is InChI=1S/C18H21NO5S/c1-3-17(19-25(22,23)16-7-5-4-6-8-16)14-9-11-15(12-10-14)24-13(2)18(20)21/h4-13,17,19H,3H2,1-2H3,(H,20,21). The van der Waals surface area contributed by atoms with Crippen LogP contribution in [0.2, 0.25) is 0 Å². The van der Waals surface area contributed by atoms with Gasteiger partial charge in [-0.25, -0.2) is 17.9 Å². The molecule has 0 fully saturated rings. The molecule has 0 radical (unpaired) electrons. The first-order chi connectivity index (χ1) is 11.8. The minimum atomic E-state index is -3.62. The molecule has 2 aromatic rings. The first-order valence-electron chi connectivity index (χ1n) is 7.90. The highest BCUT2D eigenvalue weighted by Gasteiger charge is 2.20. The summed E-state index contributed by atoms with van der Waals surface area (Å²) in [7, 11) is -3.62. The van der Waals surface area contributed by atoms with Crippen LogP contribution in [-0.2, 0) is 14.8 Å². The molecule has 0 aliphatic rings. The summed E-state index contributed by atoms with van der Waals surface area (Å²) in [6.07, 6.45) is -0.387. The highest BCUT2D eigenvalue weighted by Crippen LogP contribution is 2.23. The van der Waals surface area contributed by atoms with Crippen molar-refractivity contribution in [2.24, 2.45) is 0 Å². The van der Waals surface area contributed by atoms with Gasteiger partial charge in [0.05, 0.1) is 4.90 Å². The lowest BCUT2D eigenvalue weighted by Crippen LogP contribution is -2.28. The van der Waals surface area contributed by atoms with Gasteiger partial charge in [0.25, 0.3) is 0 Å². The SMILES string of the molecule is CCC(NS(=O)(=O)c1ccccc1)c1ccc(OC(C)C(=O)O)cc1. The summed E-state index contributed by atoms with van der Waals surface area (Å²) >= 11 is 0. The van der Waals surface area contributed by atoms with E-state index in [9.17, 15) is 13.2 Å². The Bertz CT molecular complexity index is 803. The largest absolute Gasteiger partial charge is 0.479 e. The van der Waals surface area contributed by atoms with Gasteiger partial charge in [-0.2, -0.15) is 0 Å². The number of carboxylic acid groups (broad SMARTS) is 1. The predicted molar refractivity (Wildman–Crippen MR) is 94.0 cm³/mol. The minimum absolute atomic E-state index is 0.212. The van der Waals surface area contributed by atoms with Gasteiger partial charge < -0.3 is 9.84 Å². The Hall–Kier alpha value is -2.38. The fourth-order valence-corrected chi connectivity index (χ4v) is 3.60. The molecule has 2 rings (SSSR count). The lowest BCUT2D eigenvalue weighted by Gasteiger charge is -2.18. The molecule has 0 aromatic heterocycles. The van der Waals surface area contributed by atoms with E-state index in [4.69, 9.17) is 9.84 Å². The van der Waals surface area contributed by atoms with E-state index >= 15 is 0 Å². The Balaban J connectivity index is 2.14. The molecule has 2 atom stereocenters. The van der Waals surface area contributed by atoms with E-state index in [1.807, 2.05) is 6.92 Å². The quantitative estimate of drug-likeness (QED) is 0.752. The monoisotopic (exact) mass is 363 g/mol. The van der Waals surface area contributed by atoms with Crippen LogP contribution in [0.25, 0.3) is 0 Å². The van der Waals surface area contributed by atoms with Crippen LogP contribution in [0.4, 0.5) is 0 Å². The molecular formula is C18H21NO5S. The van der Waals surface area contributed by atoms with E-state index in [0.717, 1.165) is 5.56 Å². The maximum absolute atomic E-state index is 12.5. The number of sulfonamides is 1. The molecule has 0 spiro atoms. The molecule has 0 aliphatic heterocycles. The van der Waals surface area contributed by atoms with Crippen molar-refractivity contribution in [1.29, 1.82) is 0 Å². The average molecular weight is 363 g/mol. The fourth-order valence-electron chi connectivity index (χ4n) is 2.28. The third kappa shape index (κ3) is 5.04. The van der Waals surface area contributed by atoms with E-state index in [1.165, 1.54) is 6.92 Å². The lowest BCUT2D eigenvalue weighted by molar-refractivity contribution is -0.144. The summed E-state index contributed by atoms with van der Waals surface area (Å²) < 4.78 is 32.9. The number of aliphatic carboxylic acids is 1. The highest BCUT2D eigenvalue weighted by atomic mass is 32.2. The first-order valence-corrected chi connectivity index (χ1v) is 9.38. The van der Waals surface area contributed by atoms with Crippen molar-refractivity contribution in [2.75, 3.05) is 0 Å². The zero-order valence-electron chi connectivity index (χ0n) is 14.0.